The Hall–Kier alpha value is -1.84. The van der Waals surface area contributed by atoms with E-state index < -0.39 is 0 Å². The van der Waals surface area contributed by atoms with E-state index in [9.17, 15) is 0 Å². The number of hydrogen-bond acceptors (Lipinski definition) is 4. The van der Waals surface area contributed by atoms with Crippen molar-refractivity contribution >= 4 is 5.88 Å². The zero-order valence-corrected chi connectivity index (χ0v) is 9.47. The predicted octanol–water partition coefficient (Wildman–Crippen LogP) is 2.52. The van der Waals surface area contributed by atoms with E-state index in [2.05, 4.69) is 24.0 Å². The highest BCUT2D eigenvalue weighted by molar-refractivity contribution is 5.74. The predicted molar refractivity (Wildman–Crippen MR) is 62.7 cm³/mol. The van der Waals surface area contributed by atoms with E-state index in [-0.39, 0.29) is 0 Å². The first-order valence-corrected chi connectivity index (χ1v) is 5.33. The van der Waals surface area contributed by atoms with Gasteiger partial charge in [-0.05, 0) is 18.4 Å². The van der Waals surface area contributed by atoms with Gasteiger partial charge in [0.1, 0.15) is 0 Å². The van der Waals surface area contributed by atoms with Crippen LogP contribution in [0.1, 0.15) is 19.5 Å². The van der Waals surface area contributed by atoms with Crippen LogP contribution in [0.2, 0.25) is 0 Å². The quantitative estimate of drug-likeness (QED) is 0.857. The highest BCUT2D eigenvalue weighted by Gasteiger charge is 2.16. The van der Waals surface area contributed by atoms with Gasteiger partial charge in [-0.2, -0.15) is 0 Å². The Morgan fingerprint density at radius 1 is 1.44 bits per heavy atom. The van der Waals surface area contributed by atoms with Crippen molar-refractivity contribution in [2.24, 2.45) is 5.92 Å². The lowest BCUT2D eigenvalue weighted by Gasteiger charge is -2.03. The van der Waals surface area contributed by atoms with Crippen molar-refractivity contribution in [3.05, 3.63) is 30.2 Å². The molecule has 2 aromatic rings. The molecule has 0 aliphatic rings. The summed E-state index contributed by atoms with van der Waals surface area (Å²) in [6, 6.07) is 3.83. The van der Waals surface area contributed by atoms with Gasteiger partial charge in [0.05, 0.1) is 11.3 Å². The summed E-state index contributed by atoms with van der Waals surface area (Å²) in [5.41, 5.74) is 8.53. The molecular weight excluding hydrogens is 202 g/mol. The van der Waals surface area contributed by atoms with Crippen molar-refractivity contribution in [1.29, 1.82) is 0 Å². The molecule has 84 valence electrons. The number of anilines is 1. The Morgan fingerprint density at radius 2 is 2.25 bits per heavy atom. The lowest BCUT2D eigenvalue weighted by atomic mass is 10.0. The molecule has 0 saturated carbocycles. The lowest BCUT2D eigenvalue weighted by Crippen LogP contribution is -1.97. The Bertz CT molecular complexity index is 462. The smallest absolute Gasteiger partial charge is 0.230 e. The molecule has 2 heterocycles. The van der Waals surface area contributed by atoms with Crippen molar-refractivity contribution in [2.45, 2.75) is 20.3 Å². The van der Waals surface area contributed by atoms with Crippen molar-refractivity contribution in [1.82, 2.24) is 10.1 Å². The minimum Gasteiger partial charge on any atom is -0.367 e. The summed E-state index contributed by atoms with van der Waals surface area (Å²) in [5.74, 6) is 0.878. The van der Waals surface area contributed by atoms with Crippen LogP contribution in [0, 0.1) is 5.92 Å². The first kappa shape index (κ1) is 10.7. The number of aromatic nitrogens is 2. The molecule has 2 N–H and O–H groups in total. The average Bonchev–Trinajstić information content (AvgIpc) is 2.60. The Kier molecular flexibility index (Phi) is 2.90. The maximum absolute atomic E-state index is 5.79. The molecule has 4 heteroatoms. The van der Waals surface area contributed by atoms with Gasteiger partial charge < -0.3 is 10.3 Å². The van der Waals surface area contributed by atoms with Crippen LogP contribution in [0.15, 0.2) is 29.0 Å². The van der Waals surface area contributed by atoms with E-state index in [1.165, 1.54) is 0 Å². The number of hydrogen-bond donors (Lipinski definition) is 1. The highest BCUT2D eigenvalue weighted by atomic mass is 16.5. The maximum atomic E-state index is 5.79. The van der Waals surface area contributed by atoms with E-state index in [0.29, 0.717) is 11.8 Å². The van der Waals surface area contributed by atoms with Crippen LogP contribution in [-0.2, 0) is 6.42 Å². The standard InChI is InChI=1S/C12H15N3O/c1-8(2)6-10-11(12(13)16-15-10)9-4-3-5-14-7-9/h3-5,7-8H,6,13H2,1-2H3. The van der Waals surface area contributed by atoms with Gasteiger partial charge >= 0.3 is 0 Å². The van der Waals surface area contributed by atoms with Crippen molar-refractivity contribution < 1.29 is 4.52 Å². The molecule has 0 bridgehead atoms. The molecule has 0 spiro atoms. The molecule has 0 aliphatic heterocycles. The second kappa shape index (κ2) is 4.35. The van der Waals surface area contributed by atoms with E-state index >= 15 is 0 Å². The van der Waals surface area contributed by atoms with E-state index in [0.717, 1.165) is 23.2 Å². The lowest BCUT2D eigenvalue weighted by molar-refractivity contribution is 0.422. The summed E-state index contributed by atoms with van der Waals surface area (Å²) in [4.78, 5) is 4.08. The summed E-state index contributed by atoms with van der Waals surface area (Å²) >= 11 is 0. The van der Waals surface area contributed by atoms with Crippen LogP contribution in [0.5, 0.6) is 0 Å². The Morgan fingerprint density at radius 3 is 2.88 bits per heavy atom. The van der Waals surface area contributed by atoms with Crippen molar-refractivity contribution in [3.63, 3.8) is 0 Å². The van der Waals surface area contributed by atoms with Gasteiger partial charge in [0.25, 0.3) is 0 Å². The maximum Gasteiger partial charge on any atom is 0.230 e. The average molecular weight is 217 g/mol. The fourth-order valence-corrected chi connectivity index (χ4v) is 1.68. The van der Waals surface area contributed by atoms with Crippen LogP contribution in [-0.4, -0.2) is 10.1 Å². The summed E-state index contributed by atoms with van der Waals surface area (Å²) < 4.78 is 5.05. The molecule has 2 aromatic heterocycles. The van der Waals surface area contributed by atoms with Gasteiger partial charge in [-0.3, -0.25) is 4.98 Å². The molecule has 0 atom stereocenters. The van der Waals surface area contributed by atoms with Gasteiger partial charge in [0.15, 0.2) is 0 Å². The molecule has 2 rings (SSSR count). The normalized spacial score (nSPS) is 10.9. The van der Waals surface area contributed by atoms with Crippen LogP contribution in [0.4, 0.5) is 5.88 Å². The second-order valence-electron chi connectivity index (χ2n) is 4.21. The molecule has 0 unspecified atom stereocenters. The Labute approximate surface area is 94.5 Å². The topological polar surface area (TPSA) is 64.9 Å². The van der Waals surface area contributed by atoms with Crippen LogP contribution in [0.25, 0.3) is 11.1 Å². The van der Waals surface area contributed by atoms with E-state index in [1.807, 2.05) is 12.1 Å². The first-order valence-electron chi connectivity index (χ1n) is 5.33. The fourth-order valence-electron chi connectivity index (χ4n) is 1.68. The van der Waals surface area contributed by atoms with Gasteiger partial charge in [-0.15, -0.1) is 0 Å². The first-order chi connectivity index (χ1) is 7.68. The van der Waals surface area contributed by atoms with Crippen LogP contribution in [0.3, 0.4) is 0 Å². The summed E-state index contributed by atoms with van der Waals surface area (Å²) in [7, 11) is 0. The fraction of sp³-hybridized carbons (Fsp3) is 0.333. The molecule has 0 aromatic carbocycles. The summed E-state index contributed by atoms with van der Waals surface area (Å²) in [6.45, 7) is 4.27. The van der Waals surface area contributed by atoms with Gasteiger partial charge in [-0.25, -0.2) is 0 Å². The molecule has 0 amide bonds. The Balaban J connectivity index is 2.43. The zero-order chi connectivity index (χ0) is 11.5. The van der Waals surface area contributed by atoms with Gasteiger partial charge in [0, 0.05) is 18.0 Å². The molecule has 0 radical (unpaired) electrons. The van der Waals surface area contributed by atoms with Crippen LogP contribution < -0.4 is 5.73 Å². The molecule has 0 fully saturated rings. The highest BCUT2D eigenvalue weighted by Crippen LogP contribution is 2.30. The SMILES string of the molecule is CC(C)Cc1noc(N)c1-c1cccnc1. The number of nitrogen functional groups attached to an aromatic ring is 1. The summed E-state index contributed by atoms with van der Waals surface area (Å²) in [5, 5.41) is 4.00. The molecule has 4 nitrogen and oxygen atoms in total. The minimum atomic E-state index is 0.364. The molecule has 0 aliphatic carbocycles. The number of rotatable bonds is 3. The largest absolute Gasteiger partial charge is 0.367 e. The number of nitrogens with zero attached hydrogens (tertiary/aromatic N) is 2. The third-order valence-corrected chi connectivity index (χ3v) is 2.34. The second-order valence-corrected chi connectivity index (χ2v) is 4.21. The van der Waals surface area contributed by atoms with Crippen LogP contribution >= 0.6 is 0 Å². The van der Waals surface area contributed by atoms with Gasteiger partial charge in [-0.1, -0.05) is 25.1 Å². The van der Waals surface area contributed by atoms with Crippen molar-refractivity contribution in [2.75, 3.05) is 5.73 Å². The zero-order valence-electron chi connectivity index (χ0n) is 9.47. The van der Waals surface area contributed by atoms with E-state index in [4.69, 9.17) is 10.3 Å². The number of nitrogens with two attached hydrogens (primary N) is 1. The third kappa shape index (κ3) is 2.05. The number of pyridine rings is 1. The molecule has 16 heavy (non-hydrogen) atoms. The molecular formula is C12H15N3O. The minimum absolute atomic E-state index is 0.364. The molecule has 0 saturated heterocycles. The monoisotopic (exact) mass is 217 g/mol. The van der Waals surface area contributed by atoms with Crippen molar-refractivity contribution in [3.8, 4) is 11.1 Å². The third-order valence-electron chi connectivity index (χ3n) is 2.34. The van der Waals surface area contributed by atoms with Gasteiger partial charge in [0.2, 0.25) is 5.88 Å². The van der Waals surface area contributed by atoms with E-state index in [1.54, 1.807) is 12.4 Å². The summed E-state index contributed by atoms with van der Waals surface area (Å²) in [6.07, 6.45) is 4.35.